The zero-order valence-corrected chi connectivity index (χ0v) is 10.7. The lowest BCUT2D eigenvalue weighted by molar-refractivity contribution is 0.0948. The van der Waals surface area contributed by atoms with Gasteiger partial charge >= 0.3 is 0 Å². The molecule has 0 unspecified atom stereocenters. The molecule has 0 saturated heterocycles. The van der Waals surface area contributed by atoms with Crippen LogP contribution in [-0.2, 0) is 10.0 Å². The third kappa shape index (κ3) is 2.80. The summed E-state index contributed by atoms with van der Waals surface area (Å²) >= 11 is 0. The second-order valence-electron chi connectivity index (χ2n) is 4.15. The van der Waals surface area contributed by atoms with Crippen LogP contribution in [0, 0.1) is 0 Å². The first-order valence-corrected chi connectivity index (χ1v) is 6.98. The van der Waals surface area contributed by atoms with E-state index in [0.717, 1.165) is 12.8 Å². The van der Waals surface area contributed by atoms with E-state index in [9.17, 15) is 13.2 Å². The maximum absolute atomic E-state index is 11.9. The summed E-state index contributed by atoms with van der Waals surface area (Å²) in [6.45, 7) is 0. The van der Waals surface area contributed by atoms with E-state index in [0.29, 0.717) is 5.75 Å². The average Bonchev–Trinajstić information content (AvgIpc) is 3.10. The molecule has 0 heterocycles. The highest BCUT2D eigenvalue weighted by Crippen LogP contribution is 2.24. The lowest BCUT2D eigenvalue weighted by Gasteiger charge is -2.10. The maximum atomic E-state index is 11.9. The molecule has 98 valence electrons. The molecule has 0 spiro atoms. The minimum Gasteiger partial charge on any atom is -0.496 e. The number of ether oxygens (including phenoxy) is 1. The van der Waals surface area contributed by atoms with Gasteiger partial charge in [0.25, 0.3) is 5.91 Å². The van der Waals surface area contributed by atoms with Gasteiger partial charge in [0.2, 0.25) is 10.0 Å². The van der Waals surface area contributed by atoms with E-state index in [1.54, 1.807) is 0 Å². The van der Waals surface area contributed by atoms with Gasteiger partial charge in [-0.1, -0.05) is 0 Å². The quantitative estimate of drug-likeness (QED) is 0.818. The van der Waals surface area contributed by atoms with Crippen LogP contribution in [0.15, 0.2) is 23.1 Å². The molecule has 0 radical (unpaired) electrons. The van der Waals surface area contributed by atoms with Crippen LogP contribution in [0.4, 0.5) is 0 Å². The third-order valence-corrected chi connectivity index (χ3v) is 3.57. The Balaban J connectivity index is 2.38. The molecule has 1 aliphatic rings. The largest absolute Gasteiger partial charge is 0.496 e. The first-order chi connectivity index (χ1) is 8.41. The number of hydrogen-bond acceptors (Lipinski definition) is 4. The van der Waals surface area contributed by atoms with E-state index < -0.39 is 10.0 Å². The van der Waals surface area contributed by atoms with Gasteiger partial charge in [-0.25, -0.2) is 13.6 Å². The fraction of sp³-hybridized carbons (Fsp3) is 0.364. The van der Waals surface area contributed by atoms with Crippen molar-refractivity contribution in [3.63, 3.8) is 0 Å². The molecule has 1 amide bonds. The summed E-state index contributed by atoms with van der Waals surface area (Å²) in [6, 6.07) is 4.13. The Kier molecular flexibility index (Phi) is 3.27. The summed E-state index contributed by atoms with van der Waals surface area (Å²) in [5, 5.41) is 7.80. The SMILES string of the molecule is COc1ccc(S(N)(=O)=O)cc1C(=O)NC1CC1. The number of nitrogens with two attached hydrogens (primary N) is 1. The van der Waals surface area contributed by atoms with E-state index in [2.05, 4.69) is 5.32 Å². The van der Waals surface area contributed by atoms with Crippen molar-refractivity contribution in [3.8, 4) is 5.75 Å². The minimum absolute atomic E-state index is 0.107. The highest BCUT2D eigenvalue weighted by atomic mass is 32.2. The molecule has 0 aromatic heterocycles. The number of sulfonamides is 1. The Morgan fingerprint density at radius 2 is 2.11 bits per heavy atom. The topological polar surface area (TPSA) is 98.5 Å². The molecular weight excluding hydrogens is 256 g/mol. The molecule has 7 heteroatoms. The molecule has 18 heavy (non-hydrogen) atoms. The van der Waals surface area contributed by atoms with Gasteiger partial charge in [-0.2, -0.15) is 0 Å². The summed E-state index contributed by atoms with van der Waals surface area (Å²) in [6.07, 6.45) is 1.89. The molecule has 2 rings (SSSR count). The Bertz CT molecular complexity index is 579. The number of carbonyl (C=O) groups excluding carboxylic acids is 1. The average molecular weight is 270 g/mol. The number of amides is 1. The Morgan fingerprint density at radius 1 is 1.44 bits per heavy atom. The summed E-state index contributed by atoms with van der Waals surface area (Å²) in [5.41, 5.74) is 0.177. The zero-order chi connectivity index (χ0) is 13.3. The van der Waals surface area contributed by atoms with Gasteiger partial charge in [0.15, 0.2) is 0 Å². The molecular formula is C11H14N2O4S. The molecule has 6 nitrogen and oxygen atoms in total. The predicted molar refractivity (Wildman–Crippen MR) is 64.9 cm³/mol. The van der Waals surface area contributed by atoms with E-state index >= 15 is 0 Å². The normalized spacial score (nSPS) is 15.2. The van der Waals surface area contributed by atoms with E-state index in [1.165, 1.54) is 25.3 Å². The number of methoxy groups -OCH3 is 1. The summed E-state index contributed by atoms with van der Waals surface area (Å²) in [5.74, 6) is -0.0274. The zero-order valence-electron chi connectivity index (χ0n) is 9.84. The van der Waals surface area contributed by atoms with Gasteiger partial charge in [0.1, 0.15) is 5.75 Å². The van der Waals surface area contributed by atoms with Crippen LogP contribution in [0.1, 0.15) is 23.2 Å². The van der Waals surface area contributed by atoms with Crippen molar-refractivity contribution in [2.24, 2.45) is 5.14 Å². The maximum Gasteiger partial charge on any atom is 0.255 e. The van der Waals surface area contributed by atoms with Crippen LogP contribution in [0.5, 0.6) is 5.75 Å². The van der Waals surface area contributed by atoms with Crippen molar-refractivity contribution in [1.82, 2.24) is 5.32 Å². The van der Waals surface area contributed by atoms with Crippen LogP contribution in [0.3, 0.4) is 0 Å². The smallest absolute Gasteiger partial charge is 0.255 e. The molecule has 1 saturated carbocycles. The van der Waals surface area contributed by atoms with Crippen LogP contribution < -0.4 is 15.2 Å². The summed E-state index contributed by atoms with van der Waals surface area (Å²) in [4.78, 5) is 11.8. The van der Waals surface area contributed by atoms with Crippen molar-refractivity contribution in [3.05, 3.63) is 23.8 Å². The van der Waals surface area contributed by atoms with Crippen LogP contribution in [0.2, 0.25) is 0 Å². The van der Waals surface area contributed by atoms with Gasteiger partial charge in [-0.15, -0.1) is 0 Å². The lowest BCUT2D eigenvalue weighted by atomic mass is 10.2. The van der Waals surface area contributed by atoms with Crippen molar-refractivity contribution in [1.29, 1.82) is 0 Å². The fourth-order valence-electron chi connectivity index (χ4n) is 1.53. The van der Waals surface area contributed by atoms with Crippen LogP contribution >= 0.6 is 0 Å². The Morgan fingerprint density at radius 3 is 2.61 bits per heavy atom. The molecule has 1 aliphatic carbocycles. The monoisotopic (exact) mass is 270 g/mol. The van der Waals surface area contributed by atoms with Gasteiger partial charge in [0.05, 0.1) is 17.6 Å². The molecule has 1 aromatic carbocycles. The number of hydrogen-bond donors (Lipinski definition) is 2. The molecule has 1 aromatic rings. The number of primary sulfonamides is 1. The van der Waals surface area contributed by atoms with Gasteiger partial charge < -0.3 is 10.1 Å². The molecule has 0 aliphatic heterocycles. The standard InChI is InChI=1S/C11H14N2O4S/c1-17-10-5-4-8(18(12,15)16)6-9(10)11(14)13-7-2-3-7/h4-7H,2-3H2,1H3,(H,13,14)(H2,12,15,16). The van der Waals surface area contributed by atoms with Crippen molar-refractivity contribution >= 4 is 15.9 Å². The molecule has 0 bridgehead atoms. The first-order valence-electron chi connectivity index (χ1n) is 5.43. The number of rotatable bonds is 4. The second-order valence-corrected chi connectivity index (χ2v) is 5.72. The highest BCUT2D eigenvalue weighted by Gasteiger charge is 2.25. The van der Waals surface area contributed by atoms with Gasteiger partial charge in [-0.3, -0.25) is 4.79 Å². The minimum atomic E-state index is -3.83. The summed E-state index contributed by atoms with van der Waals surface area (Å²) < 4.78 is 27.5. The fourth-order valence-corrected chi connectivity index (χ4v) is 2.07. The van der Waals surface area contributed by atoms with Crippen LogP contribution in [0.25, 0.3) is 0 Å². The predicted octanol–water partition coefficient (Wildman–Crippen LogP) is 0.235. The third-order valence-electron chi connectivity index (χ3n) is 2.66. The van der Waals surface area contributed by atoms with E-state index in [1.807, 2.05) is 0 Å². The van der Waals surface area contributed by atoms with Crippen LogP contribution in [-0.4, -0.2) is 27.5 Å². The van der Waals surface area contributed by atoms with Gasteiger partial charge in [0, 0.05) is 6.04 Å². The van der Waals surface area contributed by atoms with E-state index in [4.69, 9.17) is 9.88 Å². The highest BCUT2D eigenvalue weighted by molar-refractivity contribution is 7.89. The van der Waals surface area contributed by atoms with Crippen molar-refractivity contribution in [2.45, 2.75) is 23.8 Å². The Labute approximate surface area is 105 Å². The van der Waals surface area contributed by atoms with Crippen molar-refractivity contribution in [2.75, 3.05) is 7.11 Å². The number of benzene rings is 1. The summed E-state index contributed by atoms with van der Waals surface area (Å²) in [7, 11) is -2.42. The molecule has 3 N–H and O–H groups in total. The lowest BCUT2D eigenvalue weighted by Crippen LogP contribution is -2.26. The van der Waals surface area contributed by atoms with E-state index in [-0.39, 0.29) is 22.4 Å². The molecule has 1 fully saturated rings. The first kappa shape index (κ1) is 12.8. The second kappa shape index (κ2) is 4.58. The van der Waals surface area contributed by atoms with Gasteiger partial charge in [-0.05, 0) is 31.0 Å². The Hall–Kier alpha value is -1.60. The number of nitrogens with one attached hydrogen (secondary N) is 1. The van der Waals surface area contributed by atoms with Crippen molar-refractivity contribution < 1.29 is 17.9 Å². The number of carbonyl (C=O) groups is 1. The molecule has 0 atom stereocenters.